The van der Waals surface area contributed by atoms with Crippen molar-refractivity contribution in [2.24, 2.45) is 5.41 Å². The summed E-state index contributed by atoms with van der Waals surface area (Å²) in [5, 5.41) is 6.49. The van der Waals surface area contributed by atoms with Crippen molar-refractivity contribution in [2.45, 2.75) is 39.0 Å². The van der Waals surface area contributed by atoms with Crippen LogP contribution in [0.3, 0.4) is 0 Å². The molecule has 1 fully saturated rings. The zero-order chi connectivity index (χ0) is 16.0. The van der Waals surface area contributed by atoms with E-state index in [9.17, 15) is 4.79 Å². The van der Waals surface area contributed by atoms with E-state index in [-0.39, 0.29) is 17.2 Å². The topological polar surface area (TPSA) is 50.4 Å². The number of hydrogen-bond donors (Lipinski definition) is 2. The zero-order valence-electron chi connectivity index (χ0n) is 13.9. The van der Waals surface area contributed by atoms with E-state index in [1.165, 1.54) is 5.56 Å². The van der Waals surface area contributed by atoms with Crippen LogP contribution in [0.25, 0.3) is 0 Å². The molecule has 0 bridgehead atoms. The van der Waals surface area contributed by atoms with E-state index < -0.39 is 0 Å². The molecule has 0 saturated carbocycles. The van der Waals surface area contributed by atoms with Gasteiger partial charge in [-0.2, -0.15) is 0 Å². The highest BCUT2D eigenvalue weighted by Crippen LogP contribution is 2.27. The zero-order valence-corrected chi connectivity index (χ0v) is 13.9. The number of hydrogen-bond acceptors (Lipinski definition) is 3. The van der Waals surface area contributed by atoms with Crippen LogP contribution in [0.5, 0.6) is 5.75 Å². The molecule has 1 aromatic rings. The second-order valence-corrected chi connectivity index (χ2v) is 6.72. The van der Waals surface area contributed by atoms with Gasteiger partial charge < -0.3 is 15.4 Å². The number of rotatable bonds is 6. The lowest BCUT2D eigenvalue weighted by atomic mass is 9.81. The smallest absolute Gasteiger partial charge is 0.220 e. The molecule has 1 amide bonds. The first-order valence-corrected chi connectivity index (χ1v) is 8.14. The molecule has 1 atom stereocenters. The summed E-state index contributed by atoms with van der Waals surface area (Å²) in [6, 6.07) is 7.95. The minimum atomic E-state index is 0.142. The summed E-state index contributed by atoms with van der Waals surface area (Å²) in [6.07, 6.45) is 2.78. The van der Waals surface area contributed by atoms with E-state index in [4.69, 9.17) is 4.74 Å². The largest absolute Gasteiger partial charge is 0.497 e. The summed E-state index contributed by atoms with van der Waals surface area (Å²) in [7, 11) is 1.66. The van der Waals surface area contributed by atoms with Gasteiger partial charge in [0.1, 0.15) is 5.75 Å². The molecule has 1 aliphatic heterocycles. The molecule has 2 N–H and O–H groups in total. The third-order valence-electron chi connectivity index (χ3n) is 4.70. The van der Waals surface area contributed by atoms with Gasteiger partial charge in [-0.1, -0.05) is 26.0 Å². The maximum Gasteiger partial charge on any atom is 0.220 e. The molecule has 1 saturated heterocycles. The number of piperidine rings is 1. The summed E-state index contributed by atoms with van der Waals surface area (Å²) in [6.45, 7) is 7.24. The maximum atomic E-state index is 12.2. The highest BCUT2D eigenvalue weighted by atomic mass is 16.5. The molecule has 0 aromatic heterocycles. The Hall–Kier alpha value is -1.55. The van der Waals surface area contributed by atoms with Crippen LogP contribution in [-0.4, -0.2) is 32.7 Å². The molecule has 1 aromatic carbocycles. The second kappa shape index (κ2) is 7.63. The number of ether oxygens (including phenoxy) is 1. The highest BCUT2D eigenvalue weighted by molar-refractivity contribution is 5.76. The van der Waals surface area contributed by atoms with Gasteiger partial charge in [0.2, 0.25) is 5.91 Å². The summed E-state index contributed by atoms with van der Waals surface area (Å²) in [5.74, 6) is 1.20. The molecule has 122 valence electrons. The fourth-order valence-electron chi connectivity index (χ4n) is 2.92. The quantitative estimate of drug-likeness (QED) is 0.849. The van der Waals surface area contributed by atoms with E-state index in [2.05, 4.69) is 24.5 Å². The minimum Gasteiger partial charge on any atom is -0.497 e. The summed E-state index contributed by atoms with van der Waals surface area (Å²) < 4.78 is 5.16. The molecule has 2 rings (SSSR count). The number of carbonyl (C=O) groups is 1. The third kappa shape index (κ3) is 4.73. The lowest BCUT2D eigenvalue weighted by molar-refractivity contribution is -0.122. The van der Waals surface area contributed by atoms with Gasteiger partial charge >= 0.3 is 0 Å². The molecule has 22 heavy (non-hydrogen) atoms. The van der Waals surface area contributed by atoms with Crippen LogP contribution in [0.2, 0.25) is 0 Å². The second-order valence-electron chi connectivity index (χ2n) is 6.72. The van der Waals surface area contributed by atoms with E-state index >= 15 is 0 Å². The molecule has 0 aliphatic carbocycles. The summed E-state index contributed by atoms with van der Waals surface area (Å²) >= 11 is 0. The van der Waals surface area contributed by atoms with Gasteiger partial charge in [0.25, 0.3) is 0 Å². The highest BCUT2D eigenvalue weighted by Gasteiger charge is 2.27. The van der Waals surface area contributed by atoms with Crippen molar-refractivity contribution < 1.29 is 9.53 Å². The molecule has 4 nitrogen and oxygen atoms in total. The van der Waals surface area contributed by atoms with Gasteiger partial charge in [-0.05, 0) is 55.0 Å². The van der Waals surface area contributed by atoms with Crippen molar-refractivity contribution in [1.82, 2.24) is 10.6 Å². The Balaban J connectivity index is 1.80. The van der Waals surface area contributed by atoms with Crippen LogP contribution < -0.4 is 15.4 Å². The fraction of sp³-hybridized carbons (Fsp3) is 0.611. The third-order valence-corrected chi connectivity index (χ3v) is 4.70. The molecule has 4 heteroatoms. The molecule has 1 unspecified atom stereocenters. The van der Waals surface area contributed by atoms with Crippen LogP contribution in [0.1, 0.15) is 44.6 Å². The van der Waals surface area contributed by atoms with E-state index in [0.717, 1.165) is 38.2 Å². The average molecular weight is 304 g/mol. The van der Waals surface area contributed by atoms with E-state index in [1.54, 1.807) is 7.11 Å². The van der Waals surface area contributed by atoms with Gasteiger partial charge in [-0.25, -0.2) is 0 Å². The van der Waals surface area contributed by atoms with Gasteiger partial charge in [0.15, 0.2) is 0 Å². The lowest BCUT2D eigenvalue weighted by Gasteiger charge is -2.34. The Labute approximate surface area is 133 Å². The average Bonchev–Trinajstić information content (AvgIpc) is 2.54. The molecular formula is C18H28N2O2. The minimum absolute atomic E-state index is 0.142. The number of carbonyl (C=O) groups excluding carboxylic acids is 1. The first kappa shape index (κ1) is 16.8. The van der Waals surface area contributed by atoms with Crippen molar-refractivity contribution in [1.29, 1.82) is 0 Å². The van der Waals surface area contributed by atoms with Gasteiger partial charge in [-0.15, -0.1) is 0 Å². The Morgan fingerprint density at radius 2 is 1.95 bits per heavy atom. The van der Waals surface area contributed by atoms with Crippen LogP contribution in [-0.2, 0) is 4.79 Å². The SMILES string of the molecule is COc1ccc(C(C)CC(=O)NCC2(C)CCNCC2)cc1. The van der Waals surface area contributed by atoms with Crippen molar-refractivity contribution >= 4 is 5.91 Å². The maximum absolute atomic E-state index is 12.2. The summed E-state index contributed by atoms with van der Waals surface area (Å²) in [4.78, 5) is 12.2. The summed E-state index contributed by atoms with van der Waals surface area (Å²) in [5.41, 5.74) is 1.41. The van der Waals surface area contributed by atoms with Crippen LogP contribution >= 0.6 is 0 Å². The molecule has 1 heterocycles. The Kier molecular flexibility index (Phi) is 5.83. The van der Waals surface area contributed by atoms with Crippen LogP contribution in [0, 0.1) is 5.41 Å². The van der Waals surface area contributed by atoms with Crippen LogP contribution in [0.4, 0.5) is 0 Å². The Morgan fingerprint density at radius 3 is 2.55 bits per heavy atom. The Morgan fingerprint density at radius 1 is 1.32 bits per heavy atom. The van der Waals surface area contributed by atoms with E-state index in [0.29, 0.717) is 6.42 Å². The van der Waals surface area contributed by atoms with Gasteiger partial charge in [-0.3, -0.25) is 4.79 Å². The fourth-order valence-corrected chi connectivity index (χ4v) is 2.92. The van der Waals surface area contributed by atoms with Gasteiger partial charge in [0, 0.05) is 13.0 Å². The Bertz CT molecular complexity index is 478. The van der Waals surface area contributed by atoms with E-state index in [1.807, 2.05) is 24.3 Å². The van der Waals surface area contributed by atoms with Crippen molar-refractivity contribution in [3.63, 3.8) is 0 Å². The number of amides is 1. The van der Waals surface area contributed by atoms with Crippen molar-refractivity contribution in [2.75, 3.05) is 26.7 Å². The predicted molar refractivity (Wildman–Crippen MR) is 89.2 cm³/mol. The van der Waals surface area contributed by atoms with Crippen LogP contribution in [0.15, 0.2) is 24.3 Å². The molecule has 0 spiro atoms. The predicted octanol–water partition coefficient (Wildman–Crippen LogP) is 2.69. The number of nitrogens with one attached hydrogen (secondary N) is 2. The molecule has 0 radical (unpaired) electrons. The van der Waals surface area contributed by atoms with Gasteiger partial charge in [0.05, 0.1) is 7.11 Å². The number of benzene rings is 1. The standard InChI is InChI=1S/C18H28N2O2/c1-14(15-4-6-16(22-3)7-5-15)12-17(21)20-13-18(2)8-10-19-11-9-18/h4-7,14,19H,8-13H2,1-3H3,(H,20,21). The number of methoxy groups -OCH3 is 1. The van der Waals surface area contributed by atoms with Crippen molar-refractivity contribution in [3.8, 4) is 5.75 Å². The first-order chi connectivity index (χ1) is 10.5. The first-order valence-electron chi connectivity index (χ1n) is 8.14. The monoisotopic (exact) mass is 304 g/mol. The normalized spacial score (nSPS) is 18.5. The molecular weight excluding hydrogens is 276 g/mol. The molecule has 1 aliphatic rings. The van der Waals surface area contributed by atoms with Crippen molar-refractivity contribution in [3.05, 3.63) is 29.8 Å². The lowest BCUT2D eigenvalue weighted by Crippen LogP contribution is -2.43.